The molecule has 53 heavy (non-hydrogen) atoms. The average molecular weight is 892 g/mol. The molecule has 8 heteroatoms. The number of aromatic nitrogens is 3. The van der Waals surface area contributed by atoms with Crippen molar-refractivity contribution in [2.45, 2.75) is 6.18 Å². The van der Waals surface area contributed by atoms with Crippen molar-refractivity contribution in [3.63, 3.8) is 0 Å². The maximum atomic E-state index is 13.7. The molecule has 6 aromatic carbocycles. The first kappa shape index (κ1) is 35.7. The number of pyridine rings is 1. The molecule has 0 aliphatic heterocycles. The Morgan fingerprint density at radius 2 is 1.30 bits per heavy atom. The summed E-state index contributed by atoms with van der Waals surface area (Å²) in [6.07, 6.45) is -2.66. The molecule has 3 aromatic heterocycles. The topological polar surface area (TPSA) is 30.7 Å². The number of benzene rings is 6. The minimum Gasteiger partial charge on any atom is -0.332 e. The van der Waals surface area contributed by atoms with Crippen LogP contribution in [0.4, 0.5) is 13.2 Å². The molecule has 0 bridgehead atoms. The predicted octanol–water partition coefficient (Wildman–Crippen LogP) is 12.6. The molecule has 0 aliphatic rings. The van der Waals surface area contributed by atoms with E-state index in [1.54, 1.807) is 6.20 Å². The number of nitrogens with zero attached hydrogens (tertiary/aromatic N) is 3. The molecule has 0 saturated carbocycles. The second-order valence-electron chi connectivity index (χ2n) is 12.0. The van der Waals surface area contributed by atoms with E-state index in [0.717, 1.165) is 61.0 Å². The van der Waals surface area contributed by atoms with Crippen LogP contribution in [0.5, 0.6) is 0 Å². The van der Waals surface area contributed by atoms with Crippen molar-refractivity contribution < 1.29 is 33.3 Å². The van der Waals surface area contributed by atoms with Crippen LogP contribution in [0.3, 0.4) is 0 Å². The number of halogens is 3. The van der Waals surface area contributed by atoms with Gasteiger partial charge in [0.25, 0.3) is 0 Å². The Morgan fingerprint density at radius 1 is 0.642 bits per heavy atom. The Labute approximate surface area is 322 Å². The predicted molar refractivity (Wildman–Crippen MR) is 205 cm³/mol. The summed E-state index contributed by atoms with van der Waals surface area (Å²) in [7, 11) is 0. The van der Waals surface area contributed by atoms with E-state index in [-0.39, 0.29) is 20.1 Å². The summed E-state index contributed by atoms with van der Waals surface area (Å²) in [5.74, 6) is 0.548. The van der Waals surface area contributed by atoms with Gasteiger partial charge in [0.1, 0.15) is 0 Å². The summed E-state index contributed by atoms with van der Waals surface area (Å²) in [5, 5.41) is 3.77. The van der Waals surface area contributed by atoms with Gasteiger partial charge in [-0.15, -0.1) is 41.3 Å². The molecule has 0 N–H and O–H groups in total. The van der Waals surface area contributed by atoms with Crippen molar-refractivity contribution in [3.8, 4) is 50.6 Å². The summed E-state index contributed by atoms with van der Waals surface area (Å²) in [6, 6.07) is 54.9. The molecule has 0 saturated heterocycles. The molecular formula is C45H28F3IrN3S-2. The number of thiophene rings is 1. The fraction of sp³-hybridized carbons (Fsp3) is 0.0222. The van der Waals surface area contributed by atoms with E-state index in [2.05, 4.69) is 57.4 Å². The minimum atomic E-state index is -4.45. The summed E-state index contributed by atoms with van der Waals surface area (Å²) >= 11 is 1.30. The Bertz CT molecular complexity index is 2510. The van der Waals surface area contributed by atoms with E-state index in [0.29, 0.717) is 16.8 Å². The molecule has 261 valence electrons. The van der Waals surface area contributed by atoms with Crippen molar-refractivity contribution in [2.75, 3.05) is 0 Å². The summed E-state index contributed by atoms with van der Waals surface area (Å²) < 4.78 is 44.0. The van der Waals surface area contributed by atoms with Crippen LogP contribution in [0.2, 0.25) is 0 Å². The van der Waals surface area contributed by atoms with E-state index in [1.807, 2.05) is 109 Å². The van der Waals surface area contributed by atoms with Gasteiger partial charge in [-0.2, -0.15) is 13.2 Å². The van der Waals surface area contributed by atoms with Crippen molar-refractivity contribution >= 4 is 32.5 Å². The quantitative estimate of drug-likeness (QED) is 0.161. The first-order chi connectivity index (χ1) is 25.5. The van der Waals surface area contributed by atoms with Gasteiger partial charge in [0.2, 0.25) is 0 Å². The van der Waals surface area contributed by atoms with Crippen LogP contribution in [-0.2, 0) is 26.3 Å². The summed E-state index contributed by atoms with van der Waals surface area (Å²) in [5.41, 5.74) is 8.41. The van der Waals surface area contributed by atoms with Crippen LogP contribution < -0.4 is 0 Å². The molecule has 1 radical (unpaired) electrons. The molecular weight excluding hydrogens is 864 g/mol. The molecule has 3 nitrogen and oxygen atoms in total. The summed E-state index contributed by atoms with van der Waals surface area (Å²) in [4.78, 5) is 9.22. The van der Waals surface area contributed by atoms with E-state index in [1.165, 1.54) is 23.5 Å². The normalized spacial score (nSPS) is 11.2. The van der Waals surface area contributed by atoms with Gasteiger partial charge in [0.05, 0.1) is 22.5 Å². The van der Waals surface area contributed by atoms with Gasteiger partial charge in [-0.1, -0.05) is 137 Å². The van der Waals surface area contributed by atoms with E-state index in [9.17, 15) is 13.2 Å². The Hall–Kier alpha value is -5.66. The number of fused-ring (bicyclic) bond motifs is 2. The number of alkyl halides is 3. The Morgan fingerprint density at radius 3 is 1.94 bits per heavy atom. The van der Waals surface area contributed by atoms with Crippen LogP contribution in [0.1, 0.15) is 5.56 Å². The van der Waals surface area contributed by atoms with E-state index in [4.69, 9.17) is 4.98 Å². The monoisotopic (exact) mass is 892 g/mol. The second kappa shape index (κ2) is 15.5. The molecule has 3 heterocycles. The zero-order valence-corrected chi connectivity index (χ0v) is 31.1. The van der Waals surface area contributed by atoms with Gasteiger partial charge in [0, 0.05) is 43.0 Å². The van der Waals surface area contributed by atoms with Crippen LogP contribution in [-0.4, -0.2) is 14.5 Å². The van der Waals surface area contributed by atoms with Crippen molar-refractivity contribution in [1.29, 1.82) is 0 Å². The third kappa shape index (κ3) is 7.35. The van der Waals surface area contributed by atoms with Crippen molar-refractivity contribution in [3.05, 3.63) is 187 Å². The first-order valence-electron chi connectivity index (χ1n) is 16.6. The third-order valence-electron chi connectivity index (χ3n) is 8.70. The minimum absolute atomic E-state index is 0. The summed E-state index contributed by atoms with van der Waals surface area (Å²) in [6.45, 7) is 0. The van der Waals surface area contributed by atoms with Gasteiger partial charge in [-0.3, -0.25) is 16.3 Å². The smallest absolute Gasteiger partial charge is 0.332 e. The molecule has 9 aromatic rings. The number of para-hydroxylation sites is 3. The van der Waals surface area contributed by atoms with E-state index >= 15 is 0 Å². The van der Waals surface area contributed by atoms with Crippen molar-refractivity contribution in [2.24, 2.45) is 0 Å². The van der Waals surface area contributed by atoms with E-state index < -0.39 is 11.7 Å². The molecule has 0 spiro atoms. The number of rotatable bonds is 5. The first-order valence-corrected chi connectivity index (χ1v) is 17.4. The number of imidazole rings is 1. The third-order valence-corrected chi connectivity index (χ3v) is 9.58. The molecule has 0 unspecified atom stereocenters. The van der Waals surface area contributed by atoms with Gasteiger partial charge in [-0.05, 0) is 35.0 Å². The van der Waals surface area contributed by atoms with Gasteiger partial charge in [-0.25, -0.2) is 0 Å². The van der Waals surface area contributed by atoms with Gasteiger partial charge < -0.3 is 9.55 Å². The second-order valence-corrected chi connectivity index (χ2v) is 12.8. The maximum absolute atomic E-state index is 13.7. The van der Waals surface area contributed by atoms with Crippen LogP contribution in [0.25, 0.3) is 71.7 Å². The number of hydrogen-bond donors (Lipinski definition) is 0. The maximum Gasteiger partial charge on any atom is 0.415 e. The molecule has 0 aliphatic carbocycles. The van der Waals surface area contributed by atoms with Crippen molar-refractivity contribution in [1.82, 2.24) is 14.5 Å². The molecule has 0 amide bonds. The van der Waals surface area contributed by atoms with Crippen LogP contribution >= 0.6 is 11.3 Å². The standard InChI is InChI=1S/C34H20F3N2S.C11H8N.Ir/c35-34(36,37)24-18-19-31-27(20-24)28(21-40-31)33-38-29-16-7-8-17-30(29)39(33)32-25(22-10-3-1-4-11-22)14-9-15-26(32)23-12-5-2-6-13-23;1-2-6-10(7-3-1)11-8-4-5-9-12-11;/h1-20H;1-6,8-9H;/q2*-1;. The molecule has 0 fully saturated rings. The van der Waals surface area contributed by atoms with Crippen LogP contribution in [0.15, 0.2) is 170 Å². The zero-order valence-electron chi connectivity index (χ0n) is 27.9. The zero-order chi connectivity index (χ0) is 35.5. The fourth-order valence-electron chi connectivity index (χ4n) is 6.30. The Balaban J connectivity index is 0.000000284. The fourth-order valence-corrected chi connectivity index (χ4v) is 7.12. The Kier molecular flexibility index (Phi) is 10.5. The molecule has 9 rings (SSSR count). The SMILES string of the molecule is FC(F)(F)c1ccc2s[c-]c(-c3nc4ccccc4n3-c3c(-c4ccccc4)cccc3-c3ccccc3)c2c1.[Ir].[c-]1ccccc1-c1ccccn1. The van der Waals surface area contributed by atoms with Gasteiger partial charge >= 0.3 is 6.18 Å². The average Bonchev–Trinajstić information content (AvgIpc) is 3.80. The number of hydrogen-bond acceptors (Lipinski definition) is 3. The largest absolute Gasteiger partial charge is 0.415 e. The van der Waals surface area contributed by atoms with Crippen LogP contribution in [0, 0.1) is 11.4 Å². The van der Waals surface area contributed by atoms with Gasteiger partial charge in [0.15, 0.2) is 0 Å². The molecule has 0 atom stereocenters.